The molecule has 3 rings (SSSR count). The largest absolute Gasteiger partial charge is 0.491 e. The number of aromatic nitrogens is 1. The molecule has 6 heteroatoms. The van der Waals surface area contributed by atoms with Crippen molar-refractivity contribution in [2.75, 3.05) is 6.61 Å². The van der Waals surface area contributed by atoms with Gasteiger partial charge in [-0.2, -0.15) is 13.2 Å². The third-order valence-electron chi connectivity index (χ3n) is 4.80. The van der Waals surface area contributed by atoms with E-state index >= 15 is 0 Å². The lowest BCUT2D eigenvalue weighted by Crippen LogP contribution is -2.22. The van der Waals surface area contributed by atoms with Crippen LogP contribution in [0.5, 0.6) is 5.75 Å². The van der Waals surface area contributed by atoms with Crippen LogP contribution >= 0.6 is 0 Å². The molecule has 3 aromatic rings. The average molecular weight is 389 g/mol. The summed E-state index contributed by atoms with van der Waals surface area (Å²) in [6.45, 7) is 6.46. The molecule has 0 N–H and O–H groups in total. The van der Waals surface area contributed by atoms with Crippen LogP contribution in [0.1, 0.15) is 34.0 Å². The summed E-state index contributed by atoms with van der Waals surface area (Å²) in [4.78, 5) is 11.9. The van der Waals surface area contributed by atoms with E-state index in [2.05, 4.69) is 0 Å². The lowest BCUT2D eigenvalue weighted by molar-refractivity contribution is -0.0884. The molecular weight excluding hydrogens is 367 g/mol. The smallest absolute Gasteiger partial charge is 0.454 e. The summed E-state index contributed by atoms with van der Waals surface area (Å²) < 4.78 is 46.6. The number of benzene rings is 2. The first kappa shape index (κ1) is 20.0. The zero-order chi connectivity index (χ0) is 20.5. The number of ketones is 1. The van der Waals surface area contributed by atoms with Gasteiger partial charge < -0.3 is 9.30 Å². The lowest BCUT2D eigenvalue weighted by Gasteiger charge is -2.12. The Morgan fingerprint density at radius 2 is 1.89 bits per heavy atom. The van der Waals surface area contributed by atoms with E-state index in [0.29, 0.717) is 23.9 Å². The van der Waals surface area contributed by atoms with Gasteiger partial charge >= 0.3 is 6.18 Å². The van der Waals surface area contributed by atoms with E-state index in [9.17, 15) is 18.0 Å². The first-order valence-electron chi connectivity index (χ1n) is 9.14. The number of alkyl halides is 3. The number of hydrogen-bond donors (Lipinski definition) is 0. The van der Waals surface area contributed by atoms with Crippen LogP contribution in [-0.2, 0) is 13.0 Å². The van der Waals surface area contributed by atoms with Crippen molar-refractivity contribution in [3.05, 3.63) is 64.8 Å². The van der Waals surface area contributed by atoms with Crippen molar-refractivity contribution in [2.45, 2.75) is 39.9 Å². The minimum atomic E-state index is -4.91. The normalized spacial score (nSPS) is 11.8. The van der Waals surface area contributed by atoms with Gasteiger partial charge in [0.05, 0.1) is 17.6 Å². The molecule has 148 valence electrons. The molecule has 0 aliphatic carbocycles. The zero-order valence-corrected chi connectivity index (χ0v) is 16.1. The average Bonchev–Trinajstić information content (AvgIpc) is 3.02. The Bertz CT molecular complexity index is 1020. The fourth-order valence-corrected chi connectivity index (χ4v) is 3.35. The summed E-state index contributed by atoms with van der Waals surface area (Å²) in [5.74, 6) is -1.07. The van der Waals surface area contributed by atoms with Crippen LogP contribution in [0.2, 0.25) is 0 Å². The van der Waals surface area contributed by atoms with Crippen LogP contribution in [0, 0.1) is 13.8 Å². The van der Waals surface area contributed by atoms with Crippen molar-refractivity contribution in [1.82, 2.24) is 4.57 Å². The Morgan fingerprint density at radius 1 is 1.14 bits per heavy atom. The van der Waals surface area contributed by atoms with Crippen LogP contribution in [-0.4, -0.2) is 23.1 Å². The fraction of sp³-hybridized carbons (Fsp3) is 0.318. The molecule has 0 saturated heterocycles. The van der Waals surface area contributed by atoms with Crippen molar-refractivity contribution in [3.8, 4) is 5.75 Å². The number of hydrogen-bond acceptors (Lipinski definition) is 2. The molecule has 0 unspecified atom stereocenters. The van der Waals surface area contributed by atoms with Gasteiger partial charge in [-0.1, -0.05) is 37.3 Å². The van der Waals surface area contributed by atoms with Gasteiger partial charge in [-0.25, -0.2) is 0 Å². The van der Waals surface area contributed by atoms with Gasteiger partial charge in [0.1, 0.15) is 12.4 Å². The molecule has 0 spiro atoms. The van der Waals surface area contributed by atoms with Gasteiger partial charge in [-0.15, -0.1) is 0 Å². The van der Waals surface area contributed by atoms with Crippen LogP contribution in [0.25, 0.3) is 10.9 Å². The fourth-order valence-electron chi connectivity index (χ4n) is 3.35. The van der Waals surface area contributed by atoms with E-state index in [1.54, 1.807) is 16.7 Å². The highest BCUT2D eigenvalue weighted by Gasteiger charge is 2.41. The van der Waals surface area contributed by atoms with Crippen molar-refractivity contribution < 1.29 is 22.7 Å². The summed E-state index contributed by atoms with van der Waals surface area (Å²) in [6.07, 6.45) is -2.96. The van der Waals surface area contributed by atoms with E-state index in [1.807, 2.05) is 45.0 Å². The van der Waals surface area contributed by atoms with Gasteiger partial charge in [0, 0.05) is 11.6 Å². The minimum absolute atomic E-state index is 0.284. The predicted octanol–water partition coefficient (Wildman–Crippen LogP) is 5.64. The number of carbonyl (C=O) groups is 1. The molecule has 1 heterocycles. The second kappa shape index (κ2) is 7.70. The Hall–Kier alpha value is -2.76. The molecule has 0 bridgehead atoms. The highest BCUT2D eigenvalue weighted by atomic mass is 19.4. The molecule has 1 aromatic heterocycles. The van der Waals surface area contributed by atoms with Gasteiger partial charge in [-0.05, 0) is 43.0 Å². The van der Waals surface area contributed by atoms with Crippen molar-refractivity contribution >= 4 is 16.7 Å². The van der Waals surface area contributed by atoms with Crippen LogP contribution < -0.4 is 4.74 Å². The number of Topliss-reactive ketones (excluding diaryl/α,β-unsaturated/α-hetero) is 1. The first-order valence-corrected chi connectivity index (χ1v) is 9.14. The molecule has 0 saturated carbocycles. The van der Waals surface area contributed by atoms with Gasteiger partial charge in [-0.3, -0.25) is 4.79 Å². The Kier molecular flexibility index (Phi) is 5.49. The summed E-state index contributed by atoms with van der Waals surface area (Å²) in [5.41, 5.74) is 3.29. The standard InChI is InChI=1S/C22H22F3NO2/c1-4-16-6-5-7-17-18(21(27)22(23,24)25)13-26(20(16)17)10-11-28-19-12-14(2)8-9-15(19)3/h5-9,12-13H,4,10-11H2,1-3H3. The maximum Gasteiger partial charge on any atom is 0.454 e. The van der Waals surface area contributed by atoms with E-state index in [4.69, 9.17) is 4.74 Å². The van der Waals surface area contributed by atoms with E-state index < -0.39 is 12.0 Å². The molecule has 0 fully saturated rings. The third kappa shape index (κ3) is 3.91. The maximum atomic E-state index is 13.0. The number of carbonyl (C=O) groups excluding carboxylic acids is 1. The van der Waals surface area contributed by atoms with Gasteiger partial charge in [0.15, 0.2) is 0 Å². The van der Waals surface area contributed by atoms with E-state index in [-0.39, 0.29) is 12.2 Å². The summed E-state index contributed by atoms with van der Waals surface area (Å²) in [7, 11) is 0. The number of para-hydroxylation sites is 1. The Balaban J connectivity index is 1.94. The van der Waals surface area contributed by atoms with Gasteiger partial charge in [0.2, 0.25) is 0 Å². The summed E-state index contributed by atoms with van der Waals surface area (Å²) >= 11 is 0. The number of aryl methyl sites for hydroxylation is 3. The molecule has 28 heavy (non-hydrogen) atoms. The molecule has 0 aliphatic rings. The maximum absolute atomic E-state index is 13.0. The highest BCUT2D eigenvalue weighted by Crippen LogP contribution is 2.30. The molecule has 0 radical (unpaired) electrons. The number of fused-ring (bicyclic) bond motifs is 1. The number of rotatable bonds is 6. The minimum Gasteiger partial charge on any atom is -0.491 e. The monoisotopic (exact) mass is 389 g/mol. The topological polar surface area (TPSA) is 31.2 Å². The number of nitrogens with zero attached hydrogens (tertiary/aromatic N) is 1. The van der Waals surface area contributed by atoms with E-state index in [1.165, 1.54) is 6.20 Å². The molecule has 0 atom stereocenters. The molecule has 3 nitrogen and oxygen atoms in total. The van der Waals surface area contributed by atoms with Crippen LogP contribution in [0.15, 0.2) is 42.6 Å². The second-order valence-corrected chi connectivity index (χ2v) is 6.85. The quantitative estimate of drug-likeness (QED) is 0.511. The SMILES string of the molecule is CCc1cccc2c(C(=O)C(F)(F)F)cn(CCOc3cc(C)ccc3C)c12. The number of ether oxygens (including phenoxy) is 1. The van der Waals surface area contributed by atoms with Crippen LogP contribution in [0.3, 0.4) is 0 Å². The Labute approximate surface area is 161 Å². The zero-order valence-electron chi connectivity index (χ0n) is 16.1. The molecule has 0 amide bonds. The second-order valence-electron chi connectivity index (χ2n) is 6.85. The molecular formula is C22H22F3NO2. The van der Waals surface area contributed by atoms with Gasteiger partial charge in [0.25, 0.3) is 5.78 Å². The van der Waals surface area contributed by atoms with Crippen molar-refractivity contribution in [3.63, 3.8) is 0 Å². The summed E-state index contributed by atoms with van der Waals surface area (Å²) in [6, 6.07) is 11.0. The summed E-state index contributed by atoms with van der Waals surface area (Å²) in [5, 5.41) is 0.327. The Morgan fingerprint density at radius 3 is 2.57 bits per heavy atom. The highest BCUT2D eigenvalue weighted by molar-refractivity contribution is 6.11. The van der Waals surface area contributed by atoms with Crippen LogP contribution in [0.4, 0.5) is 13.2 Å². The molecule has 2 aromatic carbocycles. The first-order chi connectivity index (χ1) is 13.2. The third-order valence-corrected chi connectivity index (χ3v) is 4.80. The predicted molar refractivity (Wildman–Crippen MR) is 103 cm³/mol. The van der Waals surface area contributed by atoms with E-state index in [0.717, 1.165) is 22.4 Å². The lowest BCUT2D eigenvalue weighted by atomic mass is 10.0. The van der Waals surface area contributed by atoms with Crippen molar-refractivity contribution in [1.29, 1.82) is 0 Å². The number of halogens is 3. The van der Waals surface area contributed by atoms with Crippen molar-refractivity contribution in [2.24, 2.45) is 0 Å². The molecule has 0 aliphatic heterocycles.